The van der Waals surface area contributed by atoms with Crippen molar-refractivity contribution in [3.8, 4) is 11.4 Å². The van der Waals surface area contributed by atoms with Crippen molar-refractivity contribution >= 4 is 11.0 Å². The van der Waals surface area contributed by atoms with Gasteiger partial charge in [0, 0.05) is 11.8 Å². The molecule has 0 amide bonds. The maximum atomic E-state index is 13.0. The van der Waals surface area contributed by atoms with Crippen molar-refractivity contribution < 1.29 is 0 Å². The largest absolute Gasteiger partial charge is 0.288 e. The van der Waals surface area contributed by atoms with Gasteiger partial charge in [-0.25, -0.2) is 9.97 Å². The summed E-state index contributed by atoms with van der Waals surface area (Å²) in [5, 5.41) is 0.535. The normalized spacial score (nSPS) is 10.8. The van der Waals surface area contributed by atoms with Crippen LogP contribution in [0.1, 0.15) is 5.56 Å². The molecule has 2 heterocycles. The van der Waals surface area contributed by atoms with E-state index < -0.39 is 0 Å². The highest BCUT2D eigenvalue weighted by molar-refractivity contribution is 5.75. The van der Waals surface area contributed by atoms with Crippen molar-refractivity contribution in [2.24, 2.45) is 0 Å². The molecule has 2 aromatic carbocycles. The first kappa shape index (κ1) is 14.3. The van der Waals surface area contributed by atoms with Gasteiger partial charge in [0.25, 0.3) is 5.56 Å². The van der Waals surface area contributed by atoms with E-state index in [0.717, 1.165) is 11.1 Å². The van der Waals surface area contributed by atoms with Crippen LogP contribution in [0.3, 0.4) is 0 Å². The van der Waals surface area contributed by atoms with Crippen LogP contribution in [0.4, 0.5) is 0 Å². The lowest BCUT2D eigenvalue weighted by Gasteiger charge is -2.13. The Morgan fingerprint density at radius 1 is 0.833 bits per heavy atom. The van der Waals surface area contributed by atoms with E-state index in [4.69, 9.17) is 0 Å². The predicted molar refractivity (Wildman–Crippen MR) is 94.8 cm³/mol. The number of fused-ring (bicyclic) bond motifs is 1. The summed E-state index contributed by atoms with van der Waals surface area (Å²) in [5.41, 5.74) is 2.36. The Kier molecular flexibility index (Phi) is 3.63. The summed E-state index contributed by atoms with van der Waals surface area (Å²) in [6.45, 7) is 0.474. The Bertz CT molecular complexity index is 1040. The van der Waals surface area contributed by atoms with Crippen LogP contribution in [-0.2, 0) is 6.54 Å². The van der Waals surface area contributed by atoms with E-state index >= 15 is 0 Å². The molecule has 0 N–H and O–H groups in total. The lowest BCUT2D eigenvalue weighted by Crippen LogP contribution is -2.24. The standard InChI is InChI=1S/C20H15N3O/c24-20-17-12-7-13-21-18(17)22-19(16-10-5-2-6-11-16)23(20)14-15-8-3-1-4-9-15/h1-13H,14H2. The van der Waals surface area contributed by atoms with Gasteiger partial charge in [-0.1, -0.05) is 60.7 Å². The number of nitrogens with zero attached hydrogens (tertiary/aromatic N) is 3. The quantitative estimate of drug-likeness (QED) is 0.581. The van der Waals surface area contributed by atoms with Gasteiger partial charge in [-0.2, -0.15) is 0 Å². The molecule has 116 valence electrons. The molecule has 0 radical (unpaired) electrons. The van der Waals surface area contributed by atoms with E-state index in [1.165, 1.54) is 0 Å². The van der Waals surface area contributed by atoms with Crippen LogP contribution in [0.2, 0.25) is 0 Å². The molecule has 0 spiro atoms. The average molecular weight is 313 g/mol. The summed E-state index contributed by atoms with van der Waals surface area (Å²) in [5.74, 6) is 0.635. The molecule has 24 heavy (non-hydrogen) atoms. The number of hydrogen-bond donors (Lipinski definition) is 0. The molecular formula is C20H15N3O. The Morgan fingerprint density at radius 2 is 1.54 bits per heavy atom. The Labute approximate surface area is 139 Å². The number of hydrogen-bond acceptors (Lipinski definition) is 3. The minimum absolute atomic E-state index is 0.0733. The second kappa shape index (κ2) is 6.08. The van der Waals surface area contributed by atoms with E-state index in [1.54, 1.807) is 22.9 Å². The zero-order chi connectivity index (χ0) is 16.4. The van der Waals surface area contributed by atoms with Gasteiger partial charge in [0.05, 0.1) is 11.9 Å². The zero-order valence-corrected chi connectivity index (χ0v) is 13.0. The maximum Gasteiger partial charge on any atom is 0.263 e. The molecule has 4 nitrogen and oxygen atoms in total. The van der Waals surface area contributed by atoms with Gasteiger partial charge in [-0.05, 0) is 17.7 Å². The zero-order valence-electron chi connectivity index (χ0n) is 13.0. The highest BCUT2D eigenvalue weighted by atomic mass is 16.1. The van der Waals surface area contributed by atoms with Crippen LogP contribution >= 0.6 is 0 Å². The van der Waals surface area contributed by atoms with E-state index in [9.17, 15) is 4.79 Å². The number of pyridine rings is 1. The Balaban J connectivity index is 1.98. The highest BCUT2D eigenvalue weighted by Crippen LogP contribution is 2.18. The van der Waals surface area contributed by atoms with Crippen LogP contribution in [-0.4, -0.2) is 14.5 Å². The van der Waals surface area contributed by atoms with Gasteiger partial charge in [0.2, 0.25) is 0 Å². The first-order valence-corrected chi connectivity index (χ1v) is 7.78. The molecule has 0 bridgehead atoms. The van der Waals surface area contributed by atoms with Crippen molar-refractivity contribution in [1.29, 1.82) is 0 Å². The van der Waals surface area contributed by atoms with Crippen LogP contribution in [0, 0.1) is 0 Å². The molecular weight excluding hydrogens is 298 g/mol. The molecule has 0 aliphatic rings. The molecule has 4 heteroatoms. The third kappa shape index (κ3) is 2.58. The monoisotopic (exact) mass is 313 g/mol. The van der Waals surface area contributed by atoms with Gasteiger partial charge in [-0.3, -0.25) is 9.36 Å². The first-order chi connectivity index (χ1) is 11.8. The maximum absolute atomic E-state index is 13.0. The smallest absolute Gasteiger partial charge is 0.263 e. The minimum atomic E-state index is -0.0733. The fourth-order valence-corrected chi connectivity index (χ4v) is 2.78. The summed E-state index contributed by atoms with van der Waals surface area (Å²) >= 11 is 0. The fraction of sp³-hybridized carbons (Fsp3) is 0.0500. The minimum Gasteiger partial charge on any atom is -0.288 e. The molecule has 4 rings (SSSR count). The van der Waals surface area contributed by atoms with Crippen molar-refractivity contribution in [3.63, 3.8) is 0 Å². The lowest BCUT2D eigenvalue weighted by molar-refractivity contribution is 0.758. The van der Waals surface area contributed by atoms with Crippen LogP contribution in [0.15, 0.2) is 83.8 Å². The van der Waals surface area contributed by atoms with Crippen molar-refractivity contribution in [2.45, 2.75) is 6.54 Å². The summed E-state index contributed by atoms with van der Waals surface area (Å²) in [6, 6.07) is 23.2. The molecule has 0 fully saturated rings. The van der Waals surface area contributed by atoms with E-state index in [1.807, 2.05) is 60.7 Å². The van der Waals surface area contributed by atoms with E-state index in [2.05, 4.69) is 9.97 Å². The van der Waals surface area contributed by atoms with Gasteiger partial charge in [-0.15, -0.1) is 0 Å². The highest BCUT2D eigenvalue weighted by Gasteiger charge is 2.13. The molecule has 0 unspecified atom stereocenters. The Morgan fingerprint density at radius 3 is 2.29 bits per heavy atom. The second-order valence-electron chi connectivity index (χ2n) is 5.55. The second-order valence-corrected chi connectivity index (χ2v) is 5.55. The summed E-state index contributed by atoms with van der Waals surface area (Å²) in [7, 11) is 0. The summed E-state index contributed by atoms with van der Waals surface area (Å²) in [4.78, 5) is 21.9. The third-order valence-electron chi connectivity index (χ3n) is 3.95. The molecule has 0 saturated heterocycles. The van der Waals surface area contributed by atoms with E-state index in [-0.39, 0.29) is 5.56 Å². The SMILES string of the molecule is O=c1c2cccnc2nc(-c2ccccc2)n1Cc1ccccc1. The van der Waals surface area contributed by atoms with E-state index in [0.29, 0.717) is 23.4 Å². The molecule has 0 aliphatic heterocycles. The molecule has 0 atom stereocenters. The average Bonchev–Trinajstić information content (AvgIpc) is 2.65. The van der Waals surface area contributed by atoms with Crippen LogP contribution in [0.5, 0.6) is 0 Å². The van der Waals surface area contributed by atoms with Crippen molar-refractivity contribution in [2.75, 3.05) is 0 Å². The molecule has 0 aliphatic carbocycles. The van der Waals surface area contributed by atoms with Gasteiger partial charge < -0.3 is 0 Å². The Hall–Kier alpha value is -3.27. The summed E-state index contributed by atoms with van der Waals surface area (Å²) in [6.07, 6.45) is 1.66. The van der Waals surface area contributed by atoms with Gasteiger partial charge in [0.1, 0.15) is 5.82 Å². The predicted octanol–water partition coefficient (Wildman–Crippen LogP) is 3.51. The number of benzene rings is 2. The third-order valence-corrected chi connectivity index (χ3v) is 3.95. The van der Waals surface area contributed by atoms with Crippen molar-refractivity contribution in [3.05, 3.63) is 94.9 Å². The molecule has 2 aromatic heterocycles. The topological polar surface area (TPSA) is 47.8 Å². The van der Waals surface area contributed by atoms with Crippen molar-refractivity contribution in [1.82, 2.24) is 14.5 Å². The first-order valence-electron chi connectivity index (χ1n) is 7.78. The van der Waals surface area contributed by atoms with Gasteiger partial charge in [0.15, 0.2) is 5.65 Å². The number of aromatic nitrogens is 3. The molecule has 4 aromatic rings. The number of rotatable bonds is 3. The van der Waals surface area contributed by atoms with Crippen LogP contribution in [0.25, 0.3) is 22.4 Å². The summed E-state index contributed by atoms with van der Waals surface area (Å²) < 4.78 is 1.72. The molecule has 0 saturated carbocycles. The van der Waals surface area contributed by atoms with Gasteiger partial charge >= 0.3 is 0 Å². The fourth-order valence-electron chi connectivity index (χ4n) is 2.78. The lowest BCUT2D eigenvalue weighted by atomic mass is 10.1. The van der Waals surface area contributed by atoms with Crippen LogP contribution < -0.4 is 5.56 Å².